The van der Waals surface area contributed by atoms with Crippen LogP contribution in [0.3, 0.4) is 0 Å². The lowest BCUT2D eigenvalue weighted by molar-refractivity contribution is -0.137. The fraction of sp³-hybridized carbons (Fsp3) is 0.529. The quantitative estimate of drug-likeness (QED) is 0.865. The molecule has 24 heavy (non-hydrogen) atoms. The molecule has 2 rings (SSSR count). The van der Waals surface area contributed by atoms with Gasteiger partial charge in [-0.2, -0.15) is 18.4 Å². The van der Waals surface area contributed by atoms with Gasteiger partial charge in [-0.15, -0.1) is 0 Å². The summed E-state index contributed by atoms with van der Waals surface area (Å²) in [4.78, 5) is 13.8. The molecule has 0 saturated heterocycles. The largest absolute Gasteiger partial charge is 0.417 e. The third-order valence-electron chi connectivity index (χ3n) is 4.10. The summed E-state index contributed by atoms with van der Waals surface area (Å²) < 4.78 is 39.3. The van der Waals surface area contributed by atoms with Crippen LogP contribution in [0.5, 0.6) is 0 Å². The zero-order valence-electron chi connectivity index (χ0n) is 13.7. The van der Waals surface area contributed by atoms with Gasteiger partial charge in [0.05, 0.1) is 23.2 Å². The fourth-order valence-corrected chi connectivity index (χ4v) is 2.48. The Balaban J connectivity index is 2.22. The summed E-state index contributed by atoms with van der Waals surface area (Å²) in [6.45, 7) is 4.40. The van der Waals surface area contributed by atoms with Crippen molar-refractivity contribution in [1.82, 2.24) is 5.32 Å². The van der Waals surface area contributed by atoms with Gasteiger partial charge < -0.3 is 10.2 Å². The van der Waals surface area contributed by atoms with Crippen LogP contribution >= 0.6 is 0 Å². The lowest BCUT2D eigenvalue weighted by atomic mass is 10.1. The minimum atomic E-state index is -4.64. The minimum Gasteiger partial charge on any atom is -0.311 e. The van der Waals surface area contributed by atoms with E-state index >= 15 is 0 Å². The number of anilines is 1. The van der Waals surface area contributed by atoms with E-state index in [0.29, 0.717) is 5.92 Å². The zero-order valence-corrected chi connectivity index (χ0v) is 13.7. The number of nitriles is 1. The van der Waals surface area contributed by atoms with Crippen molar-refractivity contribution in [1.29, 1.82) is 5.26 Å². The Hall–Kier alpha value is -2.07. The summed E-state index contributed by atoms with van der Waals surface area (Å²) in [5, 5.41) is 12.0. The van der Waals surface area contributed by atoms with E-state index in [0.717, 1.165) is 31.5 Å². The third kappa shape index (κ3) is 4.26. The topological polar surface area (TPSA) is 56.1 Å². The van der Waals surface area contributed by atoms with Gasteiger partial charge in [0.25, 0.3) is 0 Å². The number of nitrogens with one attached hydrogen (secondary N) is 1. The lowest BCUT2D eigenvalue weighted by Crippen LogP contribution is -2.45. The molecule has 0 bridgehead atoms. The van der Waals surface area contributed by atoms with Gasteiger partial charge in [0.15, 0.2) is 0 Å². The van der Waals surface area contributed by atoms with Gasteiger partial charge in [-0.05, 0) is 57.4 Å². The van der Waals surface area contributed by atoms with Crippen LogP contribution in [0.2, 0.25) is 0 Å². The Morgan fingerprint density at radius 1 is 1.46 bits per heavy atom. The number of carbonyl (C=O) groups excluding carboxylic acids is 1. The Labute approximate surface area is 139 Å². The molecule has 1 atom stereocenters. The molecule has 130 valence electrons. The normalized spacial score (nSPS) is 15.7. The van der Waals surface area contributed by atoms with Crippen LogP contribution in [0.1, 0.15) is 37.8 Å². The number of halogens is 3. The van der Waals surface area contributed by atoms with Crippen LogP contribution in [0.15, 0.2) is 18.2 Å². The molecule has 1 aliphatic carbocycles. The smallest absolute Gasteiger partial charge is 0.311 e. The summed E-state index contributed by atoms with van der Waals surface area (Å²) in [5.74, 6) is 0.318. The molecule has 1 aromatic rings. The minimum absolute atomic E-state index is 0.147. The van der Waals surface area contributed by atoms with E-state index in [-0.39, 0.29) is 18.1 Å². The number of amides is 1. The van der Waals surface area contributed by atoms with E-state index in [2.05, 4.69) is 5.32 Å². The molecular formula is C17H20F3N3O. The van der Waals surface area contributed by atoms with Crippen molar-refractivity contribution in [2.24, 2.45) is 5.92 Å². The molecule has 1 fully saturated rings. The molecule has 7 heteroatoms. The maximum atomic E-state index is 13.1. The van der Waals surface area contributed by atoms with Crippen LogP contribution in [0, 0.1) is 17.2 Å². The van der Waals surface area contributed by atoms with Crippen LogP contribution in [-0.2, 0) is 11.0 Å². The van der Waals surface area contributed by atoms with Crippen LogP contribution in [0.25, 0.3) is 0 Å². The number of benzene rings is 1. The van der Waals surface area contributed by atoms with Crippen molar-refractivity contribution in [2.45, 2.75) is 38.9 Å². The van der Waals surface area contributed by atoms with Crippen molar-refractivity contribution < 1.29 is 18.0 Å². The highest BCUT2D eigenvalue weighted by atomic mass is 19.4. The predicted molar refractivity (Wildman–Crippen MR) is 84.4 cm³/mol. The fourth-order valence-electron chi connectivity index (χ4n) is 2.48. The molecule has 1 saturated carbocycles. The summed E-state index contributed by atoms with van der Waals surface area (Å²) in [7, 11) is 0. The maximum Gasteiger partial charge on any atom is 0.417 e. The van der Waals surface area contributed by atoms with E-state index in [1.807, 2.05) is 0 Å². The maximum absolute atomic E-state index is 13.1. The van der Waals surface area contributed by atoms with Crippen LogP contribution < -0.4 is 10.2 Å². The zero-order chi connectivity index (χ0) is 17.9. The highest BCUT2D eigenvalue weighted by Gasteiger charge is 2.35. The Kier molecular flexibility index (Phi) is 5.50. The van der Waals surface area contributed by atoms with Crippen LogP contribution in [-0.4, -0.2) is 25.0 Å². The number of rotatable bonds is 6. The number of nitrogens with zero attached hydrogens (tertiary/aromatic N) is 2. The molecule has 0 radical (unpaired) electrons. The van der Waals surface area contributed by atoms with Crippen molar-refractivity contribution in [3.63, 3.8) is 0 Å². The SMILES string of the molecule is CCN(C(=O)[C@H](C)NCC1CC1)c1ccc(C#N)c(C(F)(F)F)c1. The molecule has 0 heterocycles. The first-order chi connectivity index (χ1) is 11.3. The van der Waals surface area contributed by atoms with Gasteiger partial charge in [0.1, 0.15) is 0 Å². The first-order valence-electron chi connectivity index (χ1n) is 7.94. The summed E-state index contributed by atoms with van der Waals surface area (Å²) in [6.07, 6.45) is -2.34. The second kappa shape index (κ2) is 7.22. The second-order valence-electron chi connectivity index (χ2n) is 6.00. The molecule has 0 aliphatic heterocycles. The van der Waals surface area contributed by atoms with Gasteiger partial charge in [-0.3, -0.25) is 4.79 Å². The van der Waals surface area contributed by atoms with Crippen molar-refractivity contribution in [3.05, 3.63) is 29.3 Å². The highest BCUT2D eigenvalue weighted by molar-refractivity contribution is 5.97. The average molecular weight is 339 g/mol. The lowest BCUT2D eigenvalue weighted by Gasteiger charge is -2.26. The average Bonchev–Trinajstić information content (AvgIpc) is 3.36. The Bertz CT molecular complexity index is 647. The number of likely N-dealkylation sites (N-methyl/N-ethyl adjacent to an activating group) is 1. The molecule has 0 unspecified atom stereocenters. The van der Waals surface area contributed by atoms with Gasteiger partial charge in [-0.25, -0.2) is 0 Å². The molecule has 0 aromatic heterocycles. The van der Waals surface area contributed by atoms with Gasteiger partial charge in [-0.1, -0.05) is 0 Å². The van der Waals surface area contributed by atoms with E-state index in [1.165, 1.54) is 11.0 Å². The first kappa shape index (κ1) is 18.3. The number of hydrogen-bond donors (Lipinski definition) is 1. The molecular weight excluding hydrogens is 319 g/mol. The van der Waals surface area contributed by atoms with Crippen molar-refractivity contribution in [3.8, 4) is 6.07 Å². The molecule has 1 amide bonds. The standard InChI is InChI=1S/C17H20F3N3O/c1-3-23(16(24)11(2)22-10-12-4-5-12)14-7-6-13(9-21)15(8-14)17(18,19)20/h6-8,11-12,22H,3-5,10H2,1-2H3/t11-/m0/s1. The number of hydrogen-bond acceptors (Lipinski definition) is 3. The Morgan fingerprint density at radius 3 is 2.62 bits per heavy atom. The molecule has 1 N–H and O–H groups in total. The highest BCUT2D eigenvalue weighted by Crippen LogP contribution is 2.34. The molecule has 4 nitrogen and oxygen atoms in total. The van der Waals surface area contributed by atoms with Crippen molar-refractivity contribution in [2.75, 3.05) is 18.0 Å². The molecule has 1 aliphatic rings. The van der Waals surface area contributed by atoms with Crippen molar-refractivity contribution >= 4 is 11.6 Å². The van der Waals surface area contributed by atoms with Gasteiger partial charge in [0.2, 0.25) is 5.91 Å². The summed E-state index contributed by atoms with van der Waals surface area (Å²) >= 11 is 0. The van der Waals surface area contributed by atoms with E-state index < -0.39 is 23.3 Å². The van der Waals surface area contributed by atoms with Gasteiger partial charge in [0, 0.05) is 12.2 Å². The van der Waals surface area contributed by atoms with Crippen LogP contribution in [0.4, 0.5) is 18.9 Å². The summed E-state index contributed by atoms with van der Waals surface area (Å²) in [5.41, 5.74) is -1.32. The van der Waals surface area contributed by atoms with E-state index in [1.54, 1.807) is 19.9 Å². The van der Waals surface area contributed by atoms with E-state index in [9.17, 15) is 18.0 Å². The first-order valence-corrected chi connectivity index (χ1v) is 7.94. The van der Waals surface area contributed by atoms with Gasteiger partial charge >= 0.3 is 6.18 Å². The molecule has 0 spiro atoms. The van der Waals surface area contributed by atoms with E-state index in [4.69, 9.17) is 5.26 Å². The third-order valence-corrected chi connectivity index (χ3v) is 4.10. The second-order valence-corrected chi connectivity index (χ2v) is 6.00. The predicted octanol–water partition coefficient (Wildman–Crippen LogP) is 3.32. The molecule has 1 aromatic carbocycles. The summed E-state index contributed by atoms with van der Waals surface area (Å²) in [6, 6.07) is 4.42. The number of alkyl halides is 3. The monoisotopic (exact) mass is 339 g/mol. The number of carbonyl (C=O) groups is 1. The Morgan fingerprint density at radius 2 is 2.12 bits per heavy atom.